The topological polar surface area (TPSA) is 70.0 Å². The molecule has 1 aliphatic heterocycles. The number of benzene rings is 1. The number of nitrogens with zero attached hydrogens (tertiary/aromatic N) is 2. The van der Waals surface area contributed by atoms with Crippen molar-refractivity contribution in [3.63, 3.8) is 0 Å². The van der Waals surface area contributed by atoms with Crippen molar-refractivity contribution in [1.82, 2.24) is 4.31 Å². The molecule has 0 saturated carbocycles. The molecule has 1 saturated heterocycles. The standard InChI is InChI=1S/C13H18N2O3S/c1-11(14-16)13(12-5-3-2-4-6-12)7-9-15(10-8-13)19(17)18/h2-6,16,19H,7-10H2,1H3/b14-11+. The van der Waals surface area contributed by atoms with Gasteiger partial charge in [-0.25, -0.2) is 12.7 Å². The minimum atomic E-state index is -2.52. The molecule has 0 aliphatic carbocycles. The van der Waals surface area contributed by atoms with Gasteiger partial charge in [0.2, 0.25) is 10.9 Å². The first-order valence-electron chi connectivity index (χ1n) is 6.24. The van der Waals surface area contributed by atoms with Gasteiger partial charge in [0.15, 0.2) is 0 Å². The van der Waals surface area contributed by atoms with Crippen molar-refractivity contribution in [3.05, 3.63) is 35.9 Å². The van der Waals surface area contributed by atoms with E-state index in [1.165, 1.54) is 4.31 Å². The normalized spacial score (nSPS) is 20.6. The summed E-state index contributed by atoms with van der Waals surface area (Å²) in [6, 6.07) is 9.83. The van der Waals surface area contributed by atoms with Crippen LogP contribution in [0.5, 0.6) is 0 Å². The van der Waals surface area contributed by atoms with Gasteiger partial charge in [0.1, 0.15) is 0 Å². The number of hydrogen-bond donors (Lipinski definition) is 2. The Morgan fingerprint density at radius 2 is 1.84 bits per heavy atom. The highest BCUT2D eigenvalue weighted by molar-refractivity contribution is 7.69. The Hall–Kier alpha value is -1.40. The van der Waals surface area contributed by atoms with Crippen LogP contribution >= 0.6 is 0 Å². The van der Waals surface area contributed by atoms with Gasteiger partial charge >= 0.3 is 0 Å². The van der Waals surface area contributed by atoms with Gasteiger partial charge < -0.3 is 5.21 Å². The van der Waals surface area contributed by atoms with E-state index in [-0.39, 0.29) is 5.41 Å². The van der Waals surface area contributed by atoms with E-state index in [0.717, 1.165) is 5.56 Å². The summed E-state index contributed by atoms with van der Waals surface area (Å²) in [5.41, 5.74) is 1.35. The lowest BCUT2D eigenvalue weighted by Gasteiger charge is -2.39. The van der Waals surface area contributed by atoms with Gasteiger partial charge in [0.05, 0.1) is 5.71 Å². The van der Waals surface area contributed by atoms with Crippen LogP contribution in [0.2, 0.25) is 0 Å². The Morgan fingerprint density at radius 1 is 1.26 bits per heavy atom. The fraction of sp³-hybridized carbons (Fsp3) is 0.462. The second kappa shape index (κ2) is 5.71. The molecular weight excluding hydrogens is 264 g/mol. The molecule has 1 aromatic rings. The molecule has 1 fully saturated rings. The molecule has 0 unspecified atom stereocenters. The van der Waals surface area contributed by atoms with E-state index in [9.17, 15) is 8.42 Å². The Morgan fingerprint density at radius 3 is 2.32 bits per heavy atom. The molecule has 0 amide bonds. The molecule has 0 aromatic heterocycles. The number of rotatable bonds is 3. The zero-order valence-electron chi connectivity index (χ0n) is 10.8. The fourth-order valence-electron chi connectivity index (χ4n) is 2.75. The first kappa shape index (κ1) is 14.0. The monoisotopic (exact) mass is 282 g/mol. The van der Waals surface area contributed by atoms with Crippen molar-refractivity contribution >= 4 is 16.6 Å². The summed E-state index contributed by atoms with van der Waals surface area (Å²) in [4.78, 5) is 0. The summed E-state index contributed by atoms with van der Waals surface area (Å²) in [5, 5.41) is 12.5. The summed E-state index contributed by atoms with van der Waals surface area (Å²) in [6.07, 6.45) is 1.27. The molecule has 104 valence electrons. The predicted octanol–water partition coefficient (Wildman–Crippen LogP) is 1.40. The average molecular weight is 282 g/mol. The van der Waals surface area contributed by atoms with E-state index >= 15 is 0 Å². The Labute approximate surface area is 114 Å². The van der Waals surface area contributed by atoms with Crippen LogP contribution in [0.1, 0.15) is 25.3 Å². The lowest BCUT2D eigenvalue weighted by atomic mass is 9.70. The third-order valence-electron chi connectivity index (χ3n) is 3.99. The van der Waals surface area contributed by atoms with Crippen molar-refractivity contribution in [2.75, 3.05) is 13.1 Å². The van der Waals surface area contributed by atoms with Gasteiger partial charge in [-0.2, -0.15) is 0 Å². The molecule has 0 bridgehead atoms. The van der Waals surface area contributed by atoms with Crippen LogP contribution in [-0.2, 0) is 16.3 Å². The van der Waals surface area contributed by atoms with Crippen LogP contribution in [0.4, 0.5) is 0 Å². The Bertz CT molecular complexity index is 524. The van der Waals surface area contributed by atoms with Gasteiger partial charge in [-0.05, 0) is 25.3 Å². The number of thiol groups is 1. The maximum atomic E-state index is 11.0. The zero-order valence-corrected chi connectivity index (χ0v) is 11.7. The first-order chi connectivity index (χ1) is 9.10. The van der Waals surface area contributed by atoms with Crippen LogP contribution in [0.3, 0.4) is 0 Å². The van der Waals surface area contributed by atoms with Gasteiger partial charge in [-0.3, -0.25) is 0 Å². The van der Waals surface area contributed by atoms with E-state index in [1.54, 1.807) is 6.92 Å². The smallest absolute Gasteiger partial charge is 0.203 e. The Balaban J connectivity index is 2.35. The third-order valence-corrected chi connectivity index (χ3v) is 4.86. The number of oxime groups is 1. The predicted molar refractivity (Wildman–Crippen MR) is 74.1 cm³/mol. The van der Waals surface area contributed by atoms with Crippen molar-refractivity contribution in [1.29, 1.82) is 0 Å². The van der Waals surface area contributed by atoms with Crippen molar-refractivity contribution in [2.24, 2.45) is 5.16 Å². The molecule has 1 aliphatic rings. The molecule has 2 rings (SSSR count). The lowest BCUT2D eigenvalue weighted by molar-refractivity contribution is 0.272. The summed E-state index contributed by atoms with van der Waals surface area (Å²) in [7, 11) is -2.52. The summed E-state index contributed by atoms with van der Waals surface area (Å²) < 4.78 is 23.5. The minimum absolute atomic E-state index is 0.363. The van der Waals surface area contributed by atoms with Gasteiger partial charge in [0.25, 0.3) is 0 Å². The molecule has 0 radical (unpaired) electrons. The van der Waals surface area contributed by atoms with E-state index in [4.69, 9.17) is 5.21 Å². The largest absolute Gasteiger partial charge is 0.411 e. The van der Waals surface area contributed by atoms with Crippen molar-refractivity contribution in [3.8, 4) is 0 Å². The maximum absolute atomic E-state index is 11.0. The highest BCUT2D eigenvalue weighted by atomic mass is 32.2. The SMILES string of the molecule is C/C(=N\O)C1(c2ccccc2)CCN([SH](=O)=O)CC1. The lowest BCUT2D eigenvalue weighted by Crippen LogP contribution is -2.46. The van der Waals surface area contributed by atoms with Crippen LogP contribution < -0.4 is 0 Å². The molecule has 5 nitrogen and oxygen atoms in total. The molecule has 0 atom stereocenters. The zero-order chi connectivity index (χ0) is 13.9. The van der Waals surface area contributed by atoms with E-state index < -0.39 is 10.9 Å². The summed E-state index contributed by atoms with van der Waals surface area (Å²) in [6.45, 7) is 2.71. The molecule has 6 heteroatoms. The van der Waals surface area contributed by atoms with Gasteiger partial charge in [0, 0.05) is 18.5 Å². The maximum Gasteiger partial charge on any atom is 0.203 e. The van der Waals surface area contributed by atoms with Crippen molar-refractivity contribution < 1.29 is 13.6 Å². The first-order valence-corrected chi connectivity index (χ1v) is 7.37. The second-order valence-electron chi connectivity index (χ2n) is 4.83. The van der Waals surface area contributed by atoms with E-state index in [1.807, 2.05) is 30.3 Å². The molecular formula is C13H18N2O3S. The van der Waals surface area contributed by atoms with Crippen LogP contribution in [0, 0.1) is 0 Å². The van der Waals surface area contributed by atoms with E-state index in [2.05, 4.69) is 5.16 Å². The van der Waals surface area contributed by atoms with Gasteiger partial charge in [-0.15, -0.1) is 0 Å². The highest BCUT2D eigenvalue weighted by Crippen LogP contribution is 2.37. The molecule has 1 aromatic carbocycles. The summed E-state index contributed by atoms with van der Waals surface area (Å²) in [5.74, 6) is 0. The van der Waals surface area contributed by atoms with Gasteiger partial charge in [-0.1, -0.05) is 35.5 Å². The minimum Gasteiger partial charge on any atom is -0.411 e. The van der Waals surface area contributed by atoms with Crippen LogP contribution in [0.25, 0.3) is 0 Å². The molecule has 1 heterocycles. The second-order valence-corrected chi connectivity index (χ2v) is 5.87. The molecule has 0 spiro atoms. The molecule has 1 N–H and O–H groups in total. The molecule has 19 heavy (non-hydrogen) atoms. The van der Waals surface area contributed by atoms with Crippen LogP contribution in [0.15, 0.2) is 35.5 Å². The van der Waals surface area contributed by atoms with Crippen LogP contribution in [-0.4, -0.2) is 36.7 Å². The quantitative estimate of drug-likeness (QED) is 0.381. The Kier molecular flexibility index (Phi) is 4.21. The third kappa shape index (κ3) is 2.64. The number of piperidine rings is 1. The average Bonchev–Trinajstić information content (AvgIpc) is 2.47. The number of hydrogen-bond acceptors (Lipinski definition) is 4. The van der Waals surface area contributed by atoms with Crippen molar-refractivity contribution in [2.45, 2.75) is 25.2 Å². The van der Waals surface area contributed by atoms with E-state index in [0.29, 0.717) is 31.6 Å². The summed E-state index contributed by atoms with van der Waals surface area (Å²) >= 11 is 0. The highest BCUT2D eigenvalue weighted by Gasteiger charge is 2.39. The fourth-order valence-corrected chi connectivity index (χ4v) is 3.28.